The summed E-state index contributed by atoms with van der Waals surface area (Å²) in [5.74, 6) is 0. The highest BCUT2D eigenvalue weighted by Crippen LogP contribution is 2.34. The van der Waals surface area contributed by atoms with Crippen LogP contribution < -0.4 is 4.72 Å². The van der Waals surface area contributed by atoms with Crippen LogP contribution in [0, 0.1) is 0 Å². The van der Waals surface area contributed by atoms with E-state index in [1.807, 2.05) is 6.92 Å². The maximum atomic E-state index is 12.9. The molecule has 22 heavy (non-hydrogen) atoms. The number of aryl methyl sites for hydroxylation is 1. The summed E-state index contributed by atoms with van der Waals surface area (Å²) in [6.45, 7) is 1.94. The maximum Gasteiger partial charge on any atom is 0.417 e. The van der Waals surface area contributed by atoms with Crippen LogP contribution in [-0.4, -0.2) is 8.42 Å². The third-order valence-electron chi connectivity index (χ3n) is 3.10. The summed E-state index contributed by atoms with van der Waals surface area (Å²) in [7, 11) is -4.32. The van der Waals surface area contributed by atoms with E-state index in [4.69, 9.17) is 0 Å². The third-order valence-corrected chi connectivity index (χ3v) is 4.54. The topological polar surface area (TPSA) is 46.2 Å². The minimum Gasteiger partial charge on any atom is -0.280 e. The van der Waals surface area contributed by atoms with E-state index >= 15 is 0 Å². The fourth-order valence-corrected chi connectivity index (χ4v) is 3.24. The van der Waals surface area contributed by atoms with E-state index in [2.05, 4.69) is 4.72 Å². The highest BCUT2D eigenvalue weighted by molar-refractivity contribution is 7.92. The molecule has 0 atom stereocenters. The number of halogens is 3. The van der Waals surface area contributed by atoms with Crippen LogP contribution in [0.1, 0.15) is 18.1 Å². The number of hydrogen-bond donors (Lipinski definition) is 1. The summed E-state index contributed by atoms with van der Waals surface area (Å²) < 4.78 is 65.4. The smallest absolute Gasteiger partial charge is 0.280 e. The quantitative estimate of drug-likeness (QED) is 0.919. The zero-order chi connectivity index (χ0) is 16.4. The Morgan fingerprint density at radius 2 is 1.59 bits per heavy atom. The van der Waals surface area contributed by atoms with Crippen molar-refractivity contribution in [3.05, 3.63) is 59.7 Å². The van der Waals surface area contributed by atoms with Gasteiger partial charge in [0.25, 0.3) is 10.0 Å². The molecule has 0 saturated carbocycles. The molecular formula is C15H14F3NO2S. The zero-order valence-electron chi connectivity index (χ0n) is 11.7. The van der Waals surface area contributed by atoms with Gasteiger partial charge in [0.05, 0.1) is 10.5 Å². The van der Waals surface area contributed by atoms with Crippen LogP contribution >= 0.6 is 0 Å². The molecular weight excluding hydrogens is 315 g/mol. The van der Waals surface area contributed by atoms with Crippen molar-refractivity contribution in [1.29, 1.82) is 0 Å². The predicted molar refractivity (Wildman–Crippen MR) is 78.1 cm³/mol. The summed E-state index contributed by atoms with van der Waals surface area (Å²) in [6.07, 6.45) is -3.96. The molecule has 0 heterocycles. The van der Waals surface area contributed by atoms with E-state index in [0.717, 1.165) is 30.2 Å². The van der Waals surface area contributed by atoms with Crippen molar-refractivity contribution in [2.24, 2.45) is 0 Å². The van der Waals surface area contributed by atoms with Gasteiger partial charge in [0, 0.05) is 5.69 Å². The number of anilines is 1. The molecule has 0 spiro atoms. The molecule has 0 aliphatic carbocycles. The standard InChI is InChI=1S/C15H14F3NO2S/c1-2-11-7-9-12(10-8-11)19-22(20,21)14-6-4-3-5-13(14)15(16,17)18/h3-10,19H,2H2,1H3. The molecule has 0 radical (unpaired) electrons. The number of sulfonamides is 1. The van der Waals surface area contributed by atoms with E-state index in [1.165, 1.54) is 18.2 Å². The Kier molecular flexibility index (Phi) is 4.46. The lowest BCUT2D eigenvalue weighted by molar-refractivity contribution is -0.139. The molecule has 0 bridgehead atoms. The fourth-order valence-electron chi connectivity index (χ4n) is 1.95. The monoisotopic (exact) mass is 329 g/mol. The normalized spacial score (nSPS) is 12.2. The van der Waals surface area contributed by atoms with Crippen LogP contribution in [0.3, 0.4) is 0 Å². The second-order valence-electron chi connectivity index (χ2n) is 4.65. The molecule has 2 aromatic carbocycles. The SMILES string of the molecule is CCc1ccc(NS(=O)(=O)c2ccccc2C(F)(F)F)cc1. The van der Waals surface area contributed by atoms with Crippen molar-refractivity contribution in [1.82, 2.24) is 0 Å². The molecule has 1 N–H and O–H groups in total. The van der Waals surface area contributed by atoms with Crippen LogP contribution in [0.5, 0.6) is 0 Å². The lowest BCUT2D eigenvalue weighted by Gasteiger charge is -2.14. The van der Waals surface area contributed by atoms with Gasteiger partial charge >= 0.3 is 6.18 Å². The Morgan fingerprint density at radius 1 is 1.00 bits per heavy atom. The summed E-state index contributed by atoms with van der Waals surface area (Å²) in [5, 5.41) is 0. The number of rotatable bonds is 4. The van der Waals surface area contributed by atoms with Gasteiger partial charge in [-0.25, -0.2) is 8.42 Å². The summed E-state index contributed by atoms with van der Waals surface area (Å²) in [4.78, 5) is -0.790. The molecule has 2 aromatic rings. The van der Waals surface area contributed by atoms with Crippen LogP contribution in [0.2, 0.25) is 0 Å². The Hall–Kier alpha value is -2.02. The largest absolute Gasteiger partial charge is 0.417 e. The van der Waals surface area contributed by atoms with Gasteiger partial charge < -0.3 is 0 Å². The van der Waals surface area contributed by atoms with Crippen LogP contribution in [0.25, 0.3) is 0 Å². The molecule has 0 amide bonds. The van der Waals surface area contributed by atoms with Gasteiger partial charge in [0.1, 0.15) is 0 Å². The lowest BCUT2D eigenvalue weighted by atomic mass is 10.2. The Labute approximate surface area is 126 Å². The first kappa shape index (κ1) is 16.4. The molecule has 3 nitrogen and oxygen atoms in total. The number of benzene rings is 2. The highest BCUT2D eigenvalue weighted by atomic mass is 32.2. The number of alkyl halides is 3. The van der Waals surface area contributed by atoms with Crippen molar-refractivity contribution in [3.8, 4) is 0 Å². The van der Waals surface area contributed by atoms with Gasteiger partial charge in [0.2, 0.25) is 0 Å². The van der Waals surface area contributed by atoms with E-state index < -0.39 is 26.7 Å². The number of nitrogens with one attached hydrogen (secondary N) is 1. The molecule has 7 heteroatoms. The first-order valence-corrected chi connectivity index (χ1v) is 8.00. The Bertz CT molecular complexity index is 753. The maximum absolute atomic E-state index is 12.9. The first-order valence-electron chi connectivity index (χ1n) is 6.52. The minimum absolute atomic E-state index is 0.217. The first-order chi connectivity index (χ1) is 10.2. The summed E-state index contributed by atoms with van der Waals surface area (Å²) in [6, 6.07) is 10.6. The lowest BCUT2D eigenvalue weighted by Crippen LogP contribution is -2.18. The van der Waals surface area contributed by atoms with Gasteiger partial charge in [0.15, 0.2) is 0 Å². The molecule has 0 aliphatic rings. The van der Waals surface area contributed by atoms with Gasteiger partial charge in [-0.1, -0.05) is 31.2 Å². The molecule has 0 unspecified atom stereocenters. The van der Waals surface area contributed by atoms with Crippen molar-refractivity contribution in [3.63, 3.8) is 0 Å². The molecule has 0 aromatic heterocycles. The van der Waals surface area contributed by atoms with Gasteiger partial charge in [-0.2, -0.15) is 13.2 Å². The third kappa shape index (κ3) is 3.59. The fraction of sp³-hybridized carbons (Fsp3) is 0.200. The van der Waals surface area contributed by atoms with Gasteiger partial charge in [-0.15, -0.1) is 0 Å². The van der Waals surface area contributed by atoms with Crippen LogP contribution in [-0.2, 0) is 22.6 Å². The molecule has 0 saturated heterocycles. The average molecular weight is 329 g/mol. The minimum atomic E-state index is -4.74. The molecule has 0 aliphatic heterocycles. The van der Waals surface area contributed by atoms with E-state index in [0.29, 0.717) is 0 Å². The summed E-state index contributed by atoms with van der Waals surface area (Å²) >= 11 is 0. The van der Waals surface area contributed by atoms with Crippen molar-refractivity contribution in [2.75, 3.05) is 4.72 Å². The summed E-state index contributed by atoms with van der Waals surface area (Å²) in [5.41, 5.74) is 0.0282. The second kappa shape index (κ2) is 6.00. The van der Waals surface area contributed by atoms with Crippen LogP contribution in [0.15, 0.2) is 53.4 Å². The zero-order valence-corrected chi connectivity index (χ0v) is 12.5. The van der Waals surface area contributed by atoms with Crippen molar-refractivity contribution in [2.45, 2.75) is 24.4 Å². The van der Waals surface area contributed by atoms with Gasteiger partial charge in [-0.05, 0) is 36.2 Å². The highest BCUT2D eigenvalue weighted by Gasteiger charge is 2.36. The van der Waals surface area contributed by atoms with E-state index in [1.54, 1.807) is 12.1 Å². The van der Waals surface area contributed by atoms with Crippen molar-refractivity contribution < 1.29 is 21.6 Å². The van der Waals surface area contributed by atoms with E-state index in [9.17, 15) is 21.6 Å². The van der Waals surface area contributed by atoms with E-state index in [-0.39, 0.29) is 5.69 Å². The second-order valence-corrected chi connectivity index (χ2v) is 6.30. The molecule has 0 fully saturated rings. The van der Waals surface area contributed by atoms with Crippen molar-refractivity contribution >= 4 is 15.7 Å². The molecule has 118 valence electrons. The average Bonchev–Trinajstić information content (AvgIpc) is 2.47. The number of hydrogen-bond acceptors (Lipinski definition) is 2. The Balaban J connectivity index is 2.39. The van der Waals surface area contributed by atoms with Crippen LogP contribution in [0.4, 0.5) is 18.9 Å². The predicted octanol–water partition coefficient (Wildman–Crippen LogP) is 4.07. The molecule has 2 rings (SSSR count). The van der Waals surface area contributed by atoms with Gasteiger partial charge in [-0.3, -0.25) is 4.72 Å². The Morgan fingerprint density at radius 3 is 2.14 bits per heavy atom.